The lowest BCUT2D eigenvalue weighted by atomic mass is 9.94. The van der Waals surface area contributed by atoms with Crippen molar-refractivity contribution in [2.75, 3.05) is 13.7 Å². The zero-order valence-corrected chi connectivity index (χ0v) is 19.0. The van der Waals surface area contributed by atoms with Crippen LogP contribution < -0.4 is 4.74 Å². The number of nitrogens with zero attached hydrogens (tertiary/aromatic N) is 1. The van der Waals surface area contributed by atoms with Crippen LogP contribution in [-0.4, -0.2) is 41.4 Å². The third kappa shape index (κ3) is 4.72. The molecular weight excluding hydrogens is 450 g/mol. The third-order valence-corrected chi connectivity index (χ3v) is 5.59. The van der Waals surface area contributed by atoms with Crippen LogP contribution in [0.1, 0.15) is 33.3 Å². The maximum atomic E-state index is 13.1. The van der Waals surface area contributed by atoms with Gasteiger partial charge in [0.2, 0.25) is 0 Å². The number of Topliss-reactive ketones (excluding diaryl/α,β-unsaturated/α-hetero) is 1. The fourth-order valence-corrected chi connectivity index (χ4v) is 3.90. The van der Waals surface area contributed by atoms with Crippen molar-refractivity contribution in [3.63, 3.8) is 0 Å². The monoisotopic (exact) mass is 473 g/mol. The first-order valence-electron chi connectivity index (χ1n) is 10.8. The Labute approximate surface area is 201 Å². The van der Waals surface area contributed by atoms with Gasteiger partial charge in [-0.15, -0.1) is 0 Å². The first-order valence-corrected chi connectivity index (χ1v) is 10.8. The number of ketones is 1. The summed E-state index contributed by atoms with van der Waals surface area (Å²) in [6, 6.07) is 15.3. The van der Waals surface area contributed by atoms with Crippen LogP contribution in [0.25, 0.3) is 5.76 Å². The molecule has 1 aliphatic rings. The summed E-state index contributed by atoms with van der Waals surface area (Å²) in [5.41, 5.74) is 1.14. The van der Waals surface area contributed by atoms with E-state index < -0.39 is 23.7 Å². The van der Waals surface area contributed by atoms with E-state index in [1.807, 2.05) is 0 Å². The van der Waals surface area contributed by atoms with Gasteiger partial charge in [0.15, 0.2) is 0 Å². The van der Waals surface area contributed by atoms with Gasteiger partial charge in [-0.25, -0.2) is 4.79 Å². The van der Waals surface area contributed by atoms with Crippen LogP contribution in [0.4, 0.5) is 0 Å². The maximum absolute atomic E-state index is 13.1. The molecule has 2 heterocycles. The van der Waals surface area contributed by atoms with E-state index in [-0.39, 0.29) is 17.9 Å². The van der Waals surface area contributed by atoms with Crippen molar-refractivity contribution in [1.29, 1.82) is 0 Å². The molecule has 1 amide bonds. The van der Waals surface area contributed by atoms with Crippen molar-refractivity contribution in [2.24, 2.45) is 0 Å². The summed E-state index contributed by atoms with van der Waals surface area (Å²) < 4.78 is 15.6. The molecule has 1 unspecified atom stereocenters. The molecule has 1 atom stereocenters. The Morgan fingerprint density at radius 2 is 1.77 bits per heavy atom. The van der Waals surface area contributed by atoms with E-state index in [0.29, 0.717) is 34.8 Å². The fraction of sp³-hybridized carbons (Fsp3) is 0.148. The maximum Gasteiger partial charge on any atom is 0.337 e. The SMILES string of the molecule is C=CCOc1ccc(/C(O)=C2/C(=O)C(=O)N(Cc3ccco3)C2c2ccc(C(=O)OC)cc2)cc1. The van der Waals surface area contributed by atoms with E-state index in [1.54, 1.807) is 66.7 Å². The van der Waals surface area contributed by atoms with Gasteiger partial charge in [-0.05, 0) is 54.1 Å². The number of ether oxygens (including phenoxy) is 2. The van der Waals surface area contributed by atoms with Gasteiger partial charge in [0.05, 0.1) is 37.1 Å². The van der Waals surface area contributed by atoms with Crippen molar-refractivity contribution in [3.05, 3.63) is 108 Å². The van der Waals surface area contributed by atoms with E-state index in [4.69, 9.17) is 13.9 Å². The molecule has 178 valence electrons. The predicted molar refractivity (Wildman–Crippen MR) is 126 cm³/mol. The van der Waals surface area contributed by atoms with Gasteiger partial charge in [-0.2, -0.15) is 0 Å². The summed E-state index contributed by atoms with van der Waals surface area (Å²) in [5, 5.41) is 11.2. The first kappa shape index (κ1) is 23.6. The third-order valence-electron chi connectivity index (χ3n) is 5.59. The summed E-state index contributed by atoms with van der Waals surface area (Å²) in [5.74, 6) is -1.37. The molecule has 0 saturated carbocycles. The molecule has 1 saturated heterocycles. The molecule has 0 spiro atoms. The molecule has 1 aliphatic heterocycles. The minimum absolute atomic E-state index is 0.0199. The average Bonchev–Trinajstić information content (AvgIpc) is 3.49. The number of hydrogen-bond donors (Lipinski definition) is 1. The van der Waals surface area contributed by atoms with Crippen molar-refractivity contribution >= 4 is 23.4 Å². The Bertz CT molecular complexity index is 1270. The van der Waals surface area contributed by atoms with Crippen LogP contribution in [0.2, 0.25) is 0 Å². The second-order valence-corrected chi connectivity index (χ2v) is 7.74. The molecule has 2 aromatic carbocycles. The smallest absolute Gasteiger partial charge is 0.337 e. The highest BCUT2D eigenvalue weighted by Crippen LogP contribution is 2.40. The number of methoxy groups -OCH3 is 1. The number of carbonyl (C=O) groups excluding carboxylic acids is 3. The molecule has 0 bridgehead atoms. The molecule has 0 radical (unpaired) electrons. The molecule has 4 rings (SSSR count). The molecule has 8 heteroatoms. The lowest BCUT2D eigenvalue weighted by Gasteiger charge is -2.24. The number of carbonyl (C=O) groups is 3. The highest BCUT2D eigenvalue weighted by molar-refractivity contribution is 6.46. The Morgan fingerprint density at radius 3 is 2.37 bits per heavy atom. The number of aliphatic hydroxyl groups is 1. The minimum Gasteiger partial charge on any atom is -0.507 e. The van der Waals surface area contributed by atoms with E-state index in [1.165, 1.54) is 18.3 Å². The standard InChI is InChI=1S/C27H23NO7/c1-3-14-34-20-12-10-18(11-13-20)24(29)22-23(17-6-8-19(9-7-17)27(32)33-2)28(26(31)25(22)30)16-21-5-4-15-35-21/h3-13,15,23,29H,1,14,16H2,2H3/b24-22-. The van der Waals surface area contributed by atoms with Gasteiger partial charge in [-0.1, -0.05) is 24.8 Å². The molecule has 1 aromatic heterocycles. The van der Waals surface area contributed by atoms with Crippen molar-refractivity contribution < 1.29 is 33.4 Å². The van der Waals surface area contributed by atoms with Crippen LogP contribution in [-0.2, 0) is 20.9 Å². The van der Waals surface area contributed by atoms with Crippen molar-refractivity contribution in [3.8, 4) is 5.75 Å². The highest BCUT2D eigenvalue weighted by Gasteiger charge is 2.46. The topological polar surface area (TPSA) is 106 Å². The normalized spacial score (nSPS) is 16.8. The van der Waals surface area contributed by atoms with Crippen LogP contribution in [0.3, 0.4) is 0 Å². The fourth-order valence-electron chi connectivity index (χ4n) is 3.90. The lowest BCUT2D eigenvalue weighted by molar-refractivity contribution is -0.140. The van der Waals surface area contributed by atoms with E-state index in [2.05, 4.69) is 6.58 Å². The van der Waals surface area contributed by atoms with E-state index in [9.17, 15) is 19.5 Å². The van der Waals surface area contributed by atoms with Gasteiger partial charge in [0.25, 0.3) is 11.7 Å². The van der Waals surface area contributed by atoms with Gasteiger partial charge in [0.1, 0.15) is 23.9 Å². The van der Waals surface area contributed by atoms with Gasteiger partial charge in [0, 0.05) is 5.56 Å². The Morgan fingerprint density at radius 1 is 1.09 bits per heavy atom. The number of benzene rings is 2. The van der Waals surface area contributed by atoms with E-state index >= 15 is 0 Å². The summed E-state index contributed by atoms with van der Waals surface area (Å²) in [4.78, 5) is 39.4. The van der Waals surface area contributed by atoms with Crippen molar-refractivity contribution in [1.82, 2.24) is 4.90 Å². The molecule has 1 fully saturated rings. The van der Waals surface area contributed by atoms with Crippen LogP contribution in [0.15, 0.2) is 89.6 Å². The molecular formula is C27H23NO7. The number of rotatable bonds is 8. The Balaban J connectivity index is 1.78. The zero-order chi connectivity index (χ0) is 24.9. The average molecular weight is 473 g/mol. The summed E-state index contributed by atoms with van der Waals surface area (Å²) in [7, 11) is 1.28. The predicted octanol–water partition coefficient (Wildman–Crippen LogP) is 4.25. The van der Waals surface area contributed by atoms with Gasteiger partial charge in [-0.3, -0.25) is 9.59 Å². The zero-order valence-electron chi connectivity index (χ0n) is 19.0. The number of likely N-dealkylation sites (tertiary alicyclic amines) is 1. The Kier molecular flexibility index (Phi) is 6.82. The number of aliphatic hydroxyl groups excluding tert-OH is 1. The van der Waals surface area contributed by atoms with Crippen LogP contribution >= 0.6 is 0 Å². The number of esters is 1. The lowest BCUT2D eigenvalue weighted by Crippen LogP contribution is -2.29. The second kappa shape index (κ2) is 10.1. The van der Waals surface area contributed by atoms with Crippen LogP contribution in [0.5, 0.6) is 5.75 Å². The second-order valence-electron chi connectivity index (χ2n) is 7.74. The summed E-state index contributed by atoms with van der Waals surface area (Å²) in [6.45, 7) is 3.95. The van der Waals surface area contributed by atoms with Gasteiger partial charge < -0.3 is 23.9 Å². The number of hydrogen-bond acceptors (Lipinski definition) is 7. The number of furan rings is 1. The molecule has 8 nitrogen and oxygen atoms in total. The largest absolute Gasteiger partial charge is 0.507 e. The molecule has 3 aromatic rings. The summed E-state index contributed by atoms with van der Waals surface area (Å²) in [6.07, 6.45) is 3.09. The van der Waals surface area contributed by atoms with E-state index in [0.717, 1.165) is 0 Å². The minimum atomic E-state index is -0.900. The summed E-state index contributed by atoms with van der Waals surface area (Å²) >= 11 is 0. The highest BCUT2D eigenvalue weighted by atomic mass is 16.5. The molecule has 35 heavy (non-hydrogen) atoms. The Hall–Kier alpha value is -4.59. The molecule has 0 aliphatic carbocycles. The van der Waals surface area contributed by atoms with Crippen LogP contribution in [0, 0.1) is 0 Å². The van der Waals surface area contributed by atoms with Crippen molar-refractivity contribution in [2.45, 2.75) is 12.6 Å². The molecule has 1 N–H and O–H groups in total. The number of amides is 1. The first-order chi connectivity index (χ1) is 16.9. The quantitative estimate of drug-likeness (QED) is 0.171. The van der Waals surface area contributed by atoms with Gasteiger partial charge >= 0.3 is 5.97 Å².